The van der Waals surface area contributed by atoms with Gasteiger partial charge in [0.05, 0.1) is 30.9 Å². The quantitative estimate of drug-likeness (QED) is 0.294. The zero-order valence-electron chi connectivity index (χ0n) is 19.3. The van der Waals surface area contributed by atoms with Gasteiger partial charge in [-0.25, -0.2) is 0 Å². The van der Waals surface area contributed by atoms with Gasteiger partial charge in [0, 0.05) is 16.8 Å². The SMILES string of the molecule is COc1ccc(/C(O)=C2\C(=O)C(=O)N(c3cc(C)cc(C)c3)C2c2ccccc2OC)cc1Cl. The number of methoxy groups -OCH3 is 2. The first-order valence-electron chi connectivity index (χ1n) is 10.6. The van der Waals surface area contributed by atoms with Crippen molar-refractivity contribution >= 4 is 34.7 Å². The second kappa shape index (κ2) is 9.23. The van der Waals surface area contributed by atoms with E-state index in [0.717, 1.165) is 11.1 Å². The summed E-state index contributed by atoms with van der Waals surface area (Å²) in [5, 5.41) is 11.6. The molecule has 1 amide bonds. The Labute approximate surface area is 203 Å². The van der Waals surface area contributed by atoms with Crippen LogP contribution in [-0.4, -0.2) is 31.0 Å². The number of carbonyl (C=O) groups is 2. The molecule has 1 aliphatic rings. The van der Waals surface area contributed by atoms with Gasteiger partial charge >= 0.3 is 0 Å². The summed E-state index contributed by atoms with van der Waals surface area (Å²) >= 11 is 6.26. The van der Waals surface area contributed by atoms with Crippen LogP contribution in [0.3, 0.4) is 0 Å². The van der Waals surface area contributed by atoms with Crippen molar-refractivity contribution in [2.45, 2.75) is 19.9 Å². The number of benzene rings is 3. The molecule has 0 spiro atoms. The number of aliphatic hydroxyl groups excluding tert-OH is 1. The number of ether oxygens (including phenoxy) is 2. The molecule has 1 unspecified atom stereocenters. The molecule has 0 aliphatic carbocycles. The number of halogens is 1. The van der Waals surface area contributed by atoms with Crippen LogP contribution in [0.15, 0.2) is 66.2 Å². The lowest BCUT2D eigenvalue weighted by Crippen LogP contribution is -2.29. The first kappa shape index (κ1) is 23.4. The fourth-order valence-corrected chi connectivity index (χ4v) is 4.60. The van der Waals surface area contributed by atoms with Crippen molar-refractivity contribution in [2.75, 3.05) is 19.1 Å². The lowest BCUT2D eigenvalue weighted by molar-refractivity contribution is -0.132. The van der Waals surface area contributed by atoms with Crippen LogP contribution in [0.2, 0.25) is 5.02 Å². The zero-order chi connectivity index (χ0) is 24.6. The van der Waals surface area contributed by atoms with Crippen LogP contribution in [-0.2, 0) is 9.59 Å². The highest BCUT2D eigenvalue weighted by atomic mass is 35.5. The van der Waals surface area contributed by atoms with E-state index in [2.05, 4.69) is 0 Å². The van der Waals surface area contributed by atoms with Gasteiger partial charge in [-0.1, -0.05) is 35.9 Å². The highest BCUT2D eigenvalue weighted by Crippen LogP contribution is 2.45. The third kappa shape index (κ3) is 4.01. The summed E-state index contributed by atoms with van der Waals surface area (Å²) in [6, 6.07) is 16.6. The van der Waals surface area contributed by atoms with Gasteiger partial charge in [0.15, 0.2) is 0 Å². The maximum atomic E-state index is 13.4. The summed E-state index contributed by atoms with van der Waals surface area (Å²) in [5.74, 6) is -0.940. The maximum absolute atomic E-state index is 13.4. The number of ketones is 1. The van der Waals surface area contributed by atoms with Gasteiger partial charge in [0.25, 0.3) is 11.7 Å². The van der Waals surface area contributed by atoms with Gasteiger partial charge in [-0.3, -0.25) is 14.5 Å². The van der Waals surface area contributed by atoms with Crippen molar-refractivity contribution in [1.29, 1.82) is 0 Å². The van der Waals surface area contributed by atoms with Crippen molar-refractivity contribution in [3.8, 4) is 11.5 Å². The first-order valence-corrected chi connectivity index (χ1v) is 11.0. The van der Waals surface area contributed by atoms with E-state index in [1.165, 1.54) is 25.2 Å². The van der Waals surface area contributed by atoms with E-state index < -0.39 is 17.7 Å². The number of hydrogen-bond donors (Lipinski definition) is 1. The van der Waals surface area contributed by atoms with E-state index in [9.17, 15) is 14.7 Å². The average molecular weight is 478 g/mol. The van der Waals surface area contributed by atoms with Crippen LogP contribution in [0.25, 0.3) is 5.76 Å². The minimum Gasteiger partial charge on any atom is -0.507 e. The number of carbonyl (C=O) groups excluding carboxylic acids is 2. The number of anilines is 1. The van der Waals surface area contributed by atoms with Crippen molar-refractivity contribution in [1.82, 2.24) is 0 Å². The Bertz CT molecular complexity index is 1310. The number of amides is 1. The van der Waals surface area contributed by atoms with Crippen molar-refractivity contribution in [3.63, 3.8) is 0 Å². The Morgan fingerprint density at radius 1 is 0.912 bits per heavy atom. The molecule has 0 radical (unpaired) electrons. The second-order valence-electron chi connectivity index (χ2n) is 8.11. The molecular weight excluding hydrogens is 454 g/mol. The highest BCUT2D eigenvalue weighted by Gasteiger charge is 2.48. The Hall–Kier alpha value is -3.77. The third-order valence-electron chi connectivity index (χ3n) is 5.79. The molecule has 1 atom stereocenters. The summed E-state index contributed by atoms with van der Waals surface area (Å²) in [7, 11) is 3.00. The molecule has 7 heteroatoms. The third-order valence-corrected chi connectivity index (χ3v) is 6.08. The monoisotopic (exact) mass is 477 g/mol. The molecule has 1 fully saturated rings. The highest BCUT2D eigenvalue weighted by molar-refractivity contribution is 6.51. The van der Waals surface area contributed by atoms with Gasteiger partial charge in [-0.05, 0) is 61.4 Å². The molecule has 1 heterocycles. The Morgan fingerprint density at radius 2 is 1.56 bits per heavy atom. The maximum Gasteiger partial charge on any atom is 0.300 e. The van der Waals surface area contributed by atoms with E-state index >= 15 is 0 Å². The topological polar surface area (TPSA) is 76.1 Å². The van der Waals surface area contributed by atoms with Crippen LogP contribution in [0.4, 0.5) is 5.69 Å². The molecule has 1 saturated heterocycles. The number of para-hydroxylation sites is 1. The van der Waals surface area contributed by atoms with Gasteiger partial charge < -0.3 is 14.6 Å². The van der Waals surface area contributed by atoms with E-state index in [1.54, 1.807) is 36.4 Å². The zero-order valence-corrected chi connectivity index (χ0v) is 20.0. The molecule has 174 valence electrons. The molecule has 6 nitrogen and oxygen atoms in total. The number of rotatable bonds is 5. The van der Waals surface area contributed by atoms with Crippen molar-refractivity contribution < 1.29 is 24.2 Å². The minimum absolute atomic E-state index is 0.0464. The predicted molar refractivity (Wildman–Crippen MR) is 132 cm³/mol. The molecule has 0 bridgehead atoms. The second-order valence-corrected chi connectivity index (χ2v) is 8.51. The molecule has 0 saturated carbocycles. The van der Waals surface area contributed by atoms with Crippen molar-refractivity contribution in [3.05, 3.63) is 93.5 Å². The summed E-state index contributed by atoms with van der Waals surface area (Å²) in [4.78, 5) is 28.1. The average Bonchev–Trinajstić information content (AvgIpc) is 3.08. The standard InChI is InChI=1S/C27H24ClNO5/c1-15-11-16(2)13-18(12-15)29-24(19-7-5-6-8-21(19)33-3)23(26(31)27(29)32)25(30)17-9-10-22(34-4)20(28)14-17/h5-14,24,30H,1-4H3/b25-23+. The Morgan fingerprint density at radius 3 is 2.18 bits per heavy atom. The smallest absolute Gasteiger partial charge is 0.300 e. The van der Waals surface area contributed by atoms with Crippen LogP contribution >= 0.6 is 11.6 Å². The summed E-state index contributed by atoms with van der Waals surface area (Å²) in [5.41, 5.74) is 3.26. The number of aryl methyl sites for hydroxylation is 2. The van der Waals surface area contributed by atoms with Crippen LogP contribution in [0.5, 0.6) is 11.5 Å². The van der Waals surface area contributed by atoms with Crippen LogP contribution in [0.1, 0.15) is 28.3 Å². The van der Waals surface area contributed by atoms with Crippen molar-refractivity contribution in [2.24, 2.45) is 0 Å². The molecule has 3 aromatic rings. The summed E-state index contributed by atoms with van der Waals surface area (Å²) in [6.07, 6.45) is 0. The lowest BCUT2D eigenvalue weighted by atomic mass is 9.94. The van der Waals surface area contributed by atoms with Crippen LogP contribution in [0, 0.1) is 13.8 Å². The molecule has 1 N–H and O–H groups in total. The first-order chi connectivity index (χ1) is 16.3. The Balaban J connectivity index is 2.00. The van der Waals surface area contributed by atoms with E-state index in [4.69, 9.17) is 21.1 Å². The van der Waals surface area contributed by atoms with E-state index in [1.807, 2.05) is 32.0 Å². The summed E-state index contributed by atoms with van der Waals surface area (Å²) < 4.78 is 10.7. The number of nitrogens with zero attached hydrogens (tertiary/aromatic N) is 1. The largest absolute Gasteiger partial charge is 0.507 e. The molecule has 3 aromatic carbocycles. The minimum atomic E-state index is -0.904. The number of aliphatic hydroxyl groups is 1. The molecular formula is C27H24ClNO5. The molecule has 34 heavy (non-hydrogen) atoms. The van der Waals surface area contributed by atoms with E-state index in [-0.39, 0.29) is 16.4 Å². The fraction of sp³-hybridized carbons (Fsp3) is 0.185. The predicted octanol–water partition coefficient (Wildman–Crippen LogP) is 5.60. The van der Waals surface area contributed by atoms with Gasteiger partial charge in [0.1, 0.15) is 17.3 Å². The van der Waals surface area contributed by atoms with Gasteiger partial charge in [-0.15, -0.1) is 0 Å². The van der Waals surface area contributed by atoms with Gasteiger partial charge in [-0.2, -0.15) is 0 Å². The van der Waals surface area contributed by atoms with E-state index in [0.29, 0.717) is 28.3 Å². The van der Waals surface area contributed by atoms with Crippen LogP contribution < -0.4 is 14.4 Å². The normalized spacial score (nSPS) is 17.2. The fourth-order valence-electron chi connectivity index (χ4n) is 4.34. The Kier molecular flexibility index (Phi) is 6.35. The molecule has 1 aliphatic heterocycles. The molecule has 0 aromatic heterocycles. The number of Topliss-reactive ketones (excluding diaryl/α,β-unsaturated/α-hetero) is 1. The summed E-state index contributed by atoms with van der Waals surface area (Å²) in [6.45, 7) is 3.84. The number of hydrogen-bond acceptors (Lipinski definition) is 5. The lowest BCUT2D eigenvalue weighted by Gasteiger charge is -2.27. The van der Waals surface area contributed by atoms with Gasteiger partial charge in [0.2, 0.25) is 0 Å². The molecule has 4 rings (SSSR count).